The summed E-state index contributed by atoms with van der Waals surface area (Å²) < 4.78 is 4.33. The summed E-state index contributed by atoms with van der Waals surface area (Å²) in [6, 6.07) is 73.6. The molecule has 330 valence electrons. The van der Waals surface area contributed by atoms with Crippen LogP contribution in [0.5, 0.6) is 0 Å². The summed E-state index contributed by atoms with van der Waals surface area (Å²) in [5, 5.41) is 53.2. The minimum absolute atomic E-state index is 0.470. The Labute approximate surface area is 412 Å². The fourth-order valence-corrected chi connectivity index (χ4v) is 9.74. The lowest BCUT2D eigenvalue weighted by Gasteiger charge is -2.19. The highest BCUT2D eigenvalue weighted by molar-refractivity contribution is 6.12. The number of hydrogen-bond donors (Lipinski definition) is 0. The Balaban J connectivity index is 1.17. The quantitative estimate of drug-likeness (QED) is 0.152. The van der Waals surface area contributed by atoms with Gasteiger partial charge in [-0.05, 0) is 126 Å². The smallest absolute Gasteiger partial charge is 0.164 e. The Hall–Kier alpha value is -11.0. The molecular formula is C62H32N10. The Morgan fingerprint density at radius 3 is 0.986 bits per heavy atom. The number of rotatable bonds is 7. The third-order valence-electron chi connectivity index (χ3n) is 13.1. The van der Waals surface area contributed by atoms with Crippen LogP contribution in [0.2, 0.25) is 0 Å². The van der Waals surface area contributed by atoms with Gasteiger partial charge in [0.1, 0.15) is 0 Å². The van der Waals surface area contributed by atoms with Crippen molar-refractivity contribution in [3.05, 3.63) is 222 Å². The maximum Gasteiger partial charge on any atom is 0.164 e. The van der Waals surface area contributed by atoms with E-state index in [2.05, 4.69) is 69.8 Å². The lowest BCUT2D eigenvalue weighted by molar-refractivity contribution is 1.07. The van der Waals surface area contributed by atoms with Gasteiger partial charge in [0.25, 0.3) is 0 Å². The monoisotopic (exact) mass is 916 g/mol. The van der Waals surface area contributed by atoms with Crippen molar-refractivity contribution in [2.45, 2.75) is 0 Å². The van der Waals surface area contributed by atoms with E-state index >= 15 is 0 Å². The van der Waals surface area contributed by atoms with Crippen LogP contribution in [0, 0.1) is 56.7 Å². The van der Waals surface area contributed by atoms with Gasteiger partial charge in [-0.15, -0.1) is 0 Å². The molecule has 0 spiro atoms. The van der Waals surface area contributed by atoms with E-state index in [0.29, 0.717) is 45.3 Å². The molecule has 12 rings (SSSR count). The molecular weight excluding hydrogens is 885 g/mol. The molecule has 0 aliphatic heterocycles. The number of hydrogen-bond acceptors (Lipinski definition) is 8. The molecule has 0 aliphatic carbocycles. The second kappa shape index (κ2) is 17.3. The van der Waals surface area contributed by atoms with Crippen LogP contribution in [0.25, 0.3) is 111 Å². The van der Waals surface area contributed by atoms with Crippen LogP contribution in [0.3, 0.4) is 0 Å². The van der Waals surface area contributed by atoms with Crippen molar-refractivity contribution >= 4 is 43.6 Å². The van der Waals surface area contributed by atoms with Crippen LogP contribution in [-0.2, 0) is 0 Å². The molecule has 12 aromatic rings. The van der Waals surface area contributed by atoms with E-state index in [1.165, 1.54) is 0 Å². The maximum absolute atomic E-state index is 10.0. The summed E-state index contributed by atoms with van der Waals surface area (Å²) in [5.41, 5.74) is 13.3. The summed E-state index contributed by atoms with van der Waals surface area (Å²) in [5.74, 6) is 1.52. The van der Waals surface area contributed by atoms with Gasteiger partial charge in [0.15, 0.2) is 17.5 Å². The summed E-state index contributed by atoms with van der Waals surface area (Å²) >= 11 is 0. The van der Waals surface area contributed by atoms with E-state index in [1.807, 2.05) is 127 Å². The van der Waals surface area contributed by atoms with Gasteiger partial charge in [-0.1, -0.05) is 78.9 Å². The van der Waals surface area contributed by atoms with E-state index in [9.17, 15) is 26.3 Å². The van der Waals surface area contributed by atoms with Gasteiger partial charge in [-0.2, -0.15) is 26.3 Å². The highest BCUT2D eigenvalue weighted by atomic mass is 15.0. The molecule has 72 heavy (non-hydrogen) atoms. The van der Waals surface area contributed by atoms with E-state index in [1.54, 1.807) is 36.4 Å². The van der Waals surface area contributed by atoms with Crippen molar-refractivity contribution in [2.75, 3.05) is 0 Å². The second-order valence-electron chi connectivity index (χ2n) is 17.2. The molecule has 3 heterocycles. The minimum atomic E-state index is 0.470. The van der Waals surface area contributed by atoms with Crippen LogP contribution >= 0.6 is 0 Å². The van der Waals surface area contributed by atoms with Crippen molar-refractivity contribution in [3.8, 4) is 98.1 Å². The van der Waals surface area contributed by atoms with Gasteiger partial charge < -0.3 is 9.13 Å². The number of nitrogens with zero attached hydrogens (tertiary/aromatic N) is 10. The first-order valence-electron chi connectivity index (χ1n) is 22.9. The molecule has 10 heteroatoms. The molecule has 0 fully saturated rings. The van der Waals surface area contributed by atoms with Gasteiger partial charge in [-0.3, -0.25) is 0 Å². The molecule has 9 aromatic carbocycles. The van der Waals surface area contributed by atoms with Crippen LogP contribution < -0.4 is 0 Å². The Morgan fingerprint density at radius 2 is 0.597 bits per heavy atom. The first-order valence-corrected chi connectivity index (χ1v) is 22.9. The molecule has 0 bridgehead atoms. The highest BCUT2D eigenvalue weighted by Crippen LogP contribution is 2.43. The van der Waals surface area contributed by atoms with Crippen molar-refractivity contribution in [3.63, 3.8) is 0 Å². The molecule has 0 saturated heterocycles. The zero-order valence-corrected chi connectivity index (χ0v) is 37.9. The summed E-state index contributed by atoms with van der Waals surface area (Å²) in [4.78, 5) is 15.2. The third-order valence-corrected chi connectivity index (χ3v) is 13.1. The fraction of sp³-hybridized carbons (Fsp3) is 0. The molecule has 0 aliphatic rings. The lowest BCUT2D eigenvalue weighted by atomic mass is 9.94. The van der Waals surface area contributed by atoms with E-state index in [0.717, 1.165) is 93.9 Å². The largest absolute Gasteiger partial charge is 0.309 e. The molecule has 0 unspecified atom stereocenters. The molecule has 0 radical (unpaired) electrons. The molecule has 3 aromatic heterocycles. The van der Waals surface area contributed by atoms with Crippen LogP contribution in [0.1, 0.15) is 27.8 Å². The average Bonchev–Trinajstić information content (AvgIpc) is 3.95. The molecule has 0 N–H and O–H groups in total. The first-order chi connectivity index (χ1) is 35.4. The molecule has 10 nitrogen and oxygen atoms in total. The van der Waals surface area contributed by atoms with Gasteiger partial charge in [-0.25, -0.2) is 15.0 Å². The van der Waals surface area contributed by atoms with Crippen LogP contribution in [-0.4, -0.2) is 24.1 Å². The number of nitriles is 5. The molecule has 0 amide bonds. The highest BCUT2D eigenvalue weighted by Gasteiger charge is 2.23. The van der Waals surface area contributed by atoms with Crippen LogP contribution in [0.4, 0.5) is 0 Å². The topological polar surface area (TPSA) is 167 Å². The summed E-state index contributed by atoms with van der Waals surface area (Å²) in [7, 11) is 0. The molecule has 0 saturated carbocycles. The summed E-state index contributed by atoms with van der Waals surface area (Å²) in [6.45, 7) is 0. The van der Waals surface area contributed by atoms with E-state index < -0.39 is 0 Å². The number of fused-ring (bicyclic) bond motifs is 6. The van der Waals surface area contributed by atoms with Gasteiger partial charge in [0, 0.05) is 49.4 Å². The predicted octanol–water partition coefficient (Wildman–Crippen LogP) is 13.8. The fourth-order valence-electron chi connectivity index (χ4n) is 9.74. The predicted molar refractivity (Wildman–Crippen MR) is 279 cm³/mol. The SMILES string of the molecule is N#Cc1ccc(-c2cc(-c3cc(-c4nc(-c5ccccc5)nc(-c5ccccc5)n4)ccc3-n3c4ccc(C#N)cc4c4cc(C#N)ccc43)ccc2-n2c3ccc(C#N)cc3c3cc(C#N)ccc32)cc1. The Morgan fingerprint density at radius 1 is 0.278 bits per heavy atom. The van der Waals surface area contributed by atoms with Crippen molar-refractivity contribution < 1.29 is 0 Å². The van der Waals surface area contributed by atoms with E-state index in [4.69, 9.17) is 15.0 Å². The van der Waals surface area contributed by atoms with Gasteiger partial charge in [0.05, 0.1) is 91.6 Å². The van der Waals surface area contributed by atoms with E-state index in [-0.39, 0.29) is 0 Å². The maximum atomic E-state index is 10.0. The standard InChI is InChI=1S/C62H32N10/c63-33-38-11-17-43(18-12-38)48-31-46(19-25-54(48)71-56-21-13-39(34-64)27-50(56)51-28-40(35-65)14-22-57(51)71)49-32-47(62-69-60(44-7-3-1-4-8-44)68-61(70-62)45-9-5-2-6-10-45)20-26-55(49)72-58-23-15-41(36-66)29-52(58)53-30-42(37-67)16-24-59(53)72/h1-32H. The van der Waals surface area contributed by atoms with Crippen molar-refractivity contribution in [2.24, 2.45) is 0 Å². The average molecular weight is 917 g/mol. The zero-order valence-electron chi connectivity index (χ0n) is 37.9. The zero-order chi connectivity index (χ0) is 48.9. The normalized spacial score (nSPS) is 11.0. The first kappa shape index (κ1) is 42.4. The number of aromatic nitrogens is 5. The van der Waals surface area contributed by atoms with Crippen molar-refractivity contribution in [1.29, 1.82) is 26.3 Å². The third kappa shape index (κ3) is 7.13. The van der Waals surface area contributed by atoms with Gasteiger partial charge >= 0.3 is 0 Å². The van der Waals surface area contributed by atoms with Crippen LogP contribution in [0.15, 0.2) is 194 Å². The van der Waals surface area contributed by atoms with Crippen molar-refractivity contribution in [1.82, 2.24) is 24.1 Å². The second-order valence-corrected chi connectivity index (χ2v) is 17.2. The molecule has 0 atom stereocenters. The lowest BCUT2D eigenvalue weighted by Crippen LogP contribution is -2.02. The van der Waals surface area contributed by atoms with Gasteiger partial charge in [0.2, 0.25) is 0 Å². The Kier molecular flexibility index (Phi) is 10.2. The summed E-state index contributed by atoms with van der Waals surface area (Å²) in [6.07, 6.45) is 0. The number of benzene rings is 9. The Bertz CT molecular complexity index is 4240. The minimum Gasteiger partial charge on any atom is -0.309 e.